The summed E-state index contributed by atoms with van der Waals surface area (Å²) in [6.45, 7) is 4.80. The standard InChI is InChI=1S/C14H26N2O2/c1-3-7-14(8-5-9-15-14)13(17)16-10-4-6-12(11-16)18-2/h12,15H,3-11H2,1-2H3. The van der Waals surface area contributed by atoms with Gasteiger partial charge in [-0.1, -0.05) is 13.3 Å². The molecule has 1 N–H and O–H groups in total. The molecule has 2 rings (SSSR count). The summed E-state index contributed by atoms with van der Waals surface area (Å²) in [4.78, 5) is 14.8. The normalized spacial score (nSPS) is 32.8. The molecule has 2 saturated heterocycles. The monoisotopic (exact) mass is 254 g/mol. The molecule has 2 atom stereocenters. The fourth-order valence-electron chi connectivity index (χ4n) is 3.35. The average Bonchev–Trinajstić information content (AvgIpc) is 2.88. The fraction of sp³-hybridized carbons (Fsp3) is 0.929. The van der Waals surface area contributed by atoms with Crippen LogP contribution in [0.15, 0.2) is 0 Å². The van der Waals surface area contributed by atoms with Gasteiger partial charge in [-0.05, 0) is 38.6 Å². The maximum atomic E-state index is 12.8. The summed E-state index contributed by atoms with van der Waals surface area (Å²) in [5.41, 5.74) is -0.273. The molecule has 0 aromatic heterocycles. The summed E-state index contributed by atoms with van der Waals surface area (Å²) in [5.74, 6) is 0.309. The Hall–Kier alpha value is -0.610. The first-order valence-corrected chi connectivity index (χ1v) is 7.29. The van der Waals surface area contributed by atoms with E-state index in [9.17, 15) is 4.79 Å². The maximum Gasteiger partial charge on any atom is 0.242 e. The molecule has 1 amide bonds. The van der Waals surface area contributed by atoms with Gasteiger partial charge in [0.15, 0.2) is 0 Å². The number of carbonyl (C=O) groups is 1. The molecule has 2 aliphatic heterocycles. The SMILES string of the molecule is CCCC1(C(=O)N2CCCC(OC)C2)CCCN1. The van der Waals surface area contributed by atoms with Crippen molar-refractivity contribution in [1.29, 1.82) is 0 Å². The van der Waals surface area contributed by atoms with Crippen LogP contribution in [0.1, 0.15) is 45.4 Å². The van der Waals surface area contributed by atoms with E-state index in [1.165, 1.54) is 0 Å². The molecule has 0 bridgehead atoms. The van der Waals surface area contributed by atoms with Crippen LogP contribution >= 0.6 is 0 Å². The van der Waals surface area contributed by atoms with Crippen molar-refractivity contribution in [3.63, 3.8) is 0 Å². The predicted molar refractivity (Wildman–Crippen MR) is 71.5 cm³/mol. The Morgan fingerprint density at radius 3 is 2.94 bits per heavy atom. The largest absolute Gasteiger partial charge is 0.380 e. The Morgan fingerprint density at radius 2 is 2.33 bits per heavy atom. The number of piperidine rings is 1. The number of rotatable bonds is 4. The van der Waals surface area contributed by atoms with Gasteiger partial charge >= 0.3 is 0 Å². The van der Waals surface area contributed by atoms with Crippen molar-refractivity contribution >= 4 is 5.91 Å². The molecule has 0 saturated carbocycles. The zero-order chi connectivity index (χ0) is 13.0. The molecule has 0 aliphatic carbocycles. The number of likely N-dealkylation sites (tertiary alicyclic amines) is 1. The van der Waals surface area contributed by atoms with Gasteiger partial charge in [-0.15, -0.1) is 0 Å². The van der Waals surface area contributed by atoms with Crippen molar-refractivity contribution in [2.75, 3.05) is 26.7 Å². The lowest BCUT2D eigenvalue weighted by atomic mass is 9.89. The molecule has 18 heavy (non-hydrogen) atoms. The zero-order valence-electron chi connectivity index (χ0n) is 11.7. The Kier molecular flexibility index (Phi) is 4.62. The van der Waals surface area contributed by atoms with E-state index < -0.39 is 0 Å². The first-order valence-electron chi connectivity index (χ1n) is 7.29. The van der Waals surface area contributed by atoms with E-state index in [1.807, 2.05) is 4.90 Å². The highest BCUT2D eigenvalue weighted by molar-refractivity contribution is 5.87. The second-order valence-electron chi connectivity index (χ2n) is 5.61. The number of hydrogen-bond donors (Lipinski definition) is 1. The number of ether oxygens (including phenoxy) is 1. The van der Waals surface area contributed by atoms with Crippen molar-refractivity contribution < 1.29 is 9.53 Å². The molecule has 2 heterocycles. The molecule has 4 heteroatoms. The molecule has 104 valence electrons. The minimum atomic E-state index is -0.273. The van der Waals surface area contributed by atoms with Crippen molar-refractivity contribution in [3.05, 3.63) is 0 Å². The molecule has 0 aromatic rings. The van der Waals surface area contributed by atoms with Crippen LogP contribution in [0.5, 0.6) is 0 Å². The van der Waals surface area contributed by atoms with Crippen LogP contribution in [0.4, 0.5) is 0 Å². The van der Waals surface area contributed by atoms with Crippen molar-refractivity contribution in [1.82, 2.24) is 10.2 Å². The highest BCUT2D eigenvalue weighted by Crippen LogP contribution is 2.28. The molecule has 2 aliphatic rings. The van der Waals surface area contributed by atoms with Crippen LogP contribution in [0.3, 0.4) is 0 Å². The van der Waals surface area contributed by atoms with Gasteiger partial charge in [0.05, 0.1) is 11.6 Å². The van der Waals surface area contributed by atoms with Gasteiger partial charge in [-0.3, -0.25) is 4.79 Å². The van der Waals surface area contributed by atoms with E-state index in [-0.39, 0.29) is 11.6 Å². The van der Waals surface area contributed by atoms with E-state index in [4.69, 9.17) is 4.74 Å². The Labute approximate surface area is 110 Å². The van der Waals surface area contributed by atoms with Gasteiger partial charge in [0, 0.05) is 20.2 Å². The molecule has 2 fully saturated rings. The van der Waals surface area contributed by atoms with E-state index in [2.05, 4.69) is 12.2 Å². The van der Waals surface area contributed by atoms with Crippen molar-refractivity contribution in [3.8, 4) is 0 Å². The smallest absolute Gasteiger partial charge is 0.242 e. The van der Waals surface area contributed by atoms with Gasteiger partial charge in [0.25, 0.3) is 0 Å². The maximum absolute atomic E-state index is 12.8. The van der Waals surface area contributed by atoms with E-state index in [1.54, 1.807) is 7.11 Å². The minimum absolute atomic E-state index is 0.225. The molecule has 0 spiro atoms. The fourth-order valence-corrected chi connectivity index (χ4v) is 3.35. The van der Waals surface area contributed by atoms with E-state index in [0.29, 0.717) is 5.91 Å². The summed E-state index contributed by atoms with van der Waals surface area (Å²) < 4.78 is 5.41. The van der Waals surface area contributed by atoms with Gasteiger partial charge in [0.1, 0.15) is 0 Å². The Bertz CT molecular complexity index is 288. The van der Waals surface area contributed by atoms with Gasteiger partial charge in [0.2, 0.25) is 5.91 Å². The quantitative estimate of drug-likeness (QED) is 0.827. The number of methoxy groups -OCH3 is 1. The topological polar surface area (TPSA) is 41.6 Å². The van der Waals surface area contributed by atoms with Crippen LogP contribution in [0.2, 0.25) is 0 Å². The van der Waals surface area contributed by atoms with Crippen LogP contribution < -0.4 is 5.32 Å². The summed E-state index contributed by atoms with van der Waals surface area (Å²) in [5, 5.41) is 3.47. The van der Waals surface area contributed by atoms with Crippen LogP contribution in [0, 0.1) is 0 Å². The first kappa shape index (κ1) is 13.8. The molecular weight excluding hydrogens is 228 g/mol. The second-order valence-corrected chi connectivity index (χ2v) is 5.61. The highest BCUT2D eigenvalue weighted by atomic mass is 16.5. The number of carbonyl (C=O) groups excluding carboxylic acids is 1. The van der Waals surface area contributed by atoms with Crippen LogP contribution in [-0.2, 0) is 9.53 Å². The van der Waals surface area contributed by atoms with Gasteiger partial charge in [-0.25, -0.2) is 0 Å². The third kappa shape index (κ3) is 2.69. The lowest BCUT2D eigenvalue weighted by Crippen LogP contribution is -2.57. The number of hydrogen-bond acceptors (Lipinski definition) is 3. The lowest BCUT2D eigenvalue weighted by Gasteiger charge is -2.38. The summed E-state index contributed by atoms with van der Waals surface area (Å²) >= 11 is 0. The van der Waals surface area contributed by atoms with Crippen molar-refractivity contribution in [2.24, 2.45) is 0 Å². The minimum Gasteiger partial charge on any atom is -0.380 e. The number of nitrogens with zero attached hydrogens (tertiary/aromatic N) is 1. The third-order valence-corrected chi connectivity index (χ3v) is 4.33. The predicted octanol–water partition coefficient (Wildman–Crippen LogP) is 1.55. The summed E-state index contributed by atoms with van der Waals surface area (Å²) in [6, 6.07) is 0. The summed E-state index contributed by atoms with van der Waals surface area (Å²) in [6.07, 6.45) is 6.49. The Balaban J connectivity index is 2.04. The van der Waals surface area contributed by atoms with Gasteiger partial charge in [-0.2, -0.15) is 0 Å². The van der Waals surface area contributed by atoms with E-state index >= 15 is 0 Å². The molecule has 0 radical (unpaired) electrons. The second kappa shape index (κ2) is 6.02. The molecule has 4 nitrogen and oxygen atoms in total. The van der Waals surface area contributed by atoms with Crippen LogP contribution in [0.25, 0.3) is 0 Å². The highest BCUT2D eigenvalue weighted by Gasteiger charge is 2.43. The molecule has 0 aromatic carbocycles. The molecular formula is C14H26N2O2. The summed E-state index contributed by atoms with van der Waals surface area (Å²) in [7, 11) is 1.74. The number of nitrogens with one attached hydrogen (secondary N) is 1. The number of amides is 1. The Morgan fingerprint density at radius 1 is 1.50 bits per heavy atom. The lowest BCUT2D eigenvalue weighted by molar-refractivity contribution is -0.141. The third-order valence-electron chi connectivity index (χ3n) is 4.33. The van der Waals surface area contributed by atoms with Crippen molar-refractivity contribution in [2.45, 2.75) is 57.1 Å². The first-order chi connectivity index (χ1) is 8.72. The zero-order valence-corrected chi connectivity index (χ0v) is 11.7. The van der Waals surface area contributed by atoms with Gasteiger partial charge < -0.3 is 15.0 Å². The van der Waals surface area contributed by atoms with Crippen LogP contribution in [-0.4, -0.2) is 49.2 Å². The average molecular weight is 254 g/mol. The molecule has 2 unspecified atom stereocenters. The van der Waals surface area contributed by atoms with E-state index in [0.717, 1.165) is 58.2 Å².